The van der Waals surface area contributed by atoms with Gasteiger partial charge in [0.2, 0.25) is 5.91 Å². The molecule has 2 amide bonds. The van der Waals surface area contributed by atoms with Gasteiger partial charge in [0.15, 0.2) is 5.13 Å². The number of anilines is 1. The second-order valence-corrected chi connectivity index (χ2v) is 8.66. The Bertz CT molecular complexity index is 938. The van der Waals surface area contributed by atoms with E-state index in [4.69, 9.17) is 5.73 Å². The highest BCUT2D eigenvalue weighted by molar-refractivity contribution is 7.22. The number of benzene rings is 1. The number of nitrogens with zero attached hydrogens (tertiary/aromatic N) is 1. The molecule has 0 aliphatic heterocycles. The van der Waals surface area contributed by atoms with Crippen molar-refractivity contribution in [2.24, 2.45) is 11.1 Å². The number of amides is 2. The van der Waals surface area contributed by atoms with E-state index in [2.05, 4.69) is 20.4 Å². The van der Waals surface area contributed by atoms with E-state index in [-0.39, 0.29) is 23.3 Å². The summed E-state index contributed by atoms with van der Waals surface area (Å²) in [6.45, 7) is 3.53. The molecule has 3 rings (SSSR count). The fourth-order valence-electron chi connectivity index (χ4n) is 2.79. The molecular weight excluding hydrogens is 409 g/mol. The highest BCUT2D eigenvalue weighted by atomic mass is 32.1. The molecule has 0 unspecified atom stereocenters. The number of hydrogen-bond acceptors (Lipinski definition) is 6. The Labute approximate surface area is 168 Å². The van der Waals surface area contributed by atoms with Gasteiger partial charge in [0, 0.05) is 12.6 Å². The predicted molar refractivity (Wildman–Crippen MR) is 102 cm³/mol. The normalized spacial score (nSPS) is 16.2. The van der Waals surface area contributed by atoms with Crippen LogP contribution in [0, 0.1) is 5.41 Å². The Morgan fingerprint density at radius 3 is 2.55 bits per heavy atom. The molecule has 2 aromatic rings. The average molecular weight is 430 g/mol. The van der Waals surface area contributed by atoms with Crippen LogP contribution in [0.15, 0.2) is 18.2 Å². The van der Waals surface area contributed by atoms with Gasteiger partial charge in [-0.15, -0.1) is 13.2 Å². The standard InChI is InChI=1S/C18H21F3N4O3S/c1-16(2,9-22)13(26)25-17(6-3-7-17)14(27)24-15-23-11-5-4-10(8-12(11)29-15)28-18(19,20)21/h4-5,8H,3,6-7,9,22H2,1-2H3,(H,25,26)(H,23,24,27). The largest absolute Gasteiger partial charge is 0.573 e. The molecule has 158 valence electrons. The Hall–Kier alpha value is -2.40. The van der Waals surface area contributed by atoms with E-state index >= 15 is 0 Å². The third-order valence-corrected chi connectivity index (χ3v) is 5.87. The quantitative estimate of drug-likeness (QED) is 0.653. The number of thiazole rings is 1. The molecule has 0 radical (unpaired) electrons. The molecule has 1 aliphatic carbocycles. The Balaban J connectivity index is 1.75. The first kappa shape index (κ1) is 21.3. The maximum Gasteiger partial charge on any atom is 0.573 e. The number of fused-ring (bicyclic) bond motifs is 1. The SMILES string of the molecule is CC(C)(CN)C(=O)NC1(C(=O)Nc2nc3ccc(OC(F)(F)F)cc3s2)CCC1. The zero-order chi connectivity index (χ0) is 21.4. The number of carbonyl (C=O) groups is 2. The summed E-state index contributed by atoms with van der Waals surface area (Å²) in [5.74, 6) is -1.08. The predicted octanol–water partition coefficient (Wildman–Crippen LogP) is 3.16. The van der Waals surface area contributed by atoms with Crippen molar-refractivity contribution in [2.75, 3.05) is 11.9 Å². The molecule has 11 heteroatoms. The van der Waals surface area contributed by atoms with Crippen LogP contribution >= 0.6 is 11.3 Å². The minimum atomic E-state index is -4.79. The number of alkyl halides is 3. The van der Waals surface area contributed by atoms with Crippen molar-refractivity contribution >= 4 is 38.5 Å². The van der Waals surface area contributed by atoms with Crippen molar-refractivity contribution in [1.29, 1.82) is 0 Å². The number of rotatable bonds is 6. The molecule has 1 aromatic carbocycles. The van der Waals surface area contributed by atoms with Crippen molar-refractivity contribution in [1.82, 2.24) is 10.3 Å². The van der Waals surface area contributed by atoms with Crippen LogP contribution in [0.4, 0.5) is 18.3 Å². The molecular formula is C18H21F3N4O3S. The third kappa shape index (κ3) is 4.61. The van der Waals surface area contributed by atoms with Gasteiger partial charge in [-0.05, 0) is 45.2 Å². The molecule has 1 saturated carbocycles. The van der Waals surface area contributed by atoms with E-state index in [1.165, 1.54) is 12.1 Å². The second-order valence-electron chi connectivity index (χ2n) is 7.63. The summed E-state index contributed by atoms with van der Waals surface area (Å²) in [4.78, 5) is 29.5. The second kappa shape index (κ2) is 7.45. The van der Waals surface area contributed by atoms with Crippen LogP contribution in [0.1, 0.15) is 33.1 Å². The van der Waals surface area contributed by atoms with Gasteiger partial charge in [-0.2, -0.15) is 0 Å². The molecule has 4 N–H and O–H groups in total. The molecule has 0 saturated heterocycles. The Morgan fingerprint density at radius 2 is 2.00 bits per heavy atom. The summed E-state index contributed by atoms with van der Waals surface area (Å²) in [6.07, 6.45) is -3.03. The van der Waals surface area contributed by atoms with Gasteiger partial charge in [0.05, 0.1) is 15.6 Å². The monoisotopic (exact) mass is 430 g/mol. The van der Waals surface area contributed by atoms with Gasteiger partial charge in [-0.1, -0.05) is 11.3 Å². The summed E-state index contributed by atoms with van der Waals surface area (Å²) < 4.78 is 41.5. The van der Waals surface area contributed by atoms with Crippen LogP contribution in [-0.4, -0.2) is 35.2 Å². The van der Waals surface area contributed by atoms with Crippen LogP contribution in [0.5, 0.6) is 5.75 Å². The maximum atomic E-state index is 12.8. The number of halogens is 3. The molecule has 0 bridgehead atoms. The van der Waals surface area contributed by atoms with E-state index < -0.39 is 23.2 Å². The summed E-state index contributed by atoms with van der Waals surface area (Å²) in [7, 11) is 0. The van der Waals surface area contributed by atoms with Gasteiger partial charge in [0.1, 0.15) is 11.3 Å². The fraction of sp³-hybridized carbons (Fsp3) is 0.500. The van der Waals surface area contributed by atoms with Crippen LogP contribution < -0.4 is 21.1 Å². The minimum Gasteiger partial charge on any atom is -0.406 e. The summed E-state index contributed by atoms with van der Waals surface area (Å²) in [5, 5.41) is 5.72. The van der Waals surface area contributed by atoms with Crippen LogP contribution in [0.25, 0.3) is 10.2 Å². The van der Waals surface area contributed by atoms with Gasteiger partial charge in [-0.3, -0.25) is 14.9 Å². The summed E-state index contributed by atoms with van der Waals surface area (Å²) >= 11 is 1.02. The molecule has 1 aromatic heterocycles. The van der Waals surface area contributed by atoms with Crippen molar-refractivity contribution in [2.45, 2.75) is 45.0 Å². The highest BCUT2D eigenvalue weighted by Crippen LogP contribution is 2.36. The number of carbonyl (C=O) groups excluding carboxylic acids is 2. The first-order chi connectivity index (χ1) is 13.4. The lowest BCUT2D eigenvalue weighted by atomic mass is 9.75. The van der Waals surface area contributed by atoms with Gasteiger partial charge in [0.25, 0.3) is 5.91 Å². The lowest BCUT2D eigenvalue weighted by Gasteiger charge is -2.42. The molecule has 7 nitrogen and oxygen atoms in total. The summed E-state index contributed by atoms with van der Waals surface area (Å²) in [6, 6.07) is 3.75. The molecule has 1 fully saturated rings. The van der Waals surface area contributed by atoms with Crippen molar-refractivity contribution in [3.05, 3.63) is 18.2 Å². The number of nitrogens with two attached hydrogens (primary N) is 1. The smallest absolute Gasteiger partial charge is 0.406 e. The molecule has 0 atom stereocenters. The molecule has 1 heterocycles. The number of ether oxygens (including phenoxy) is 1. The first-order valence-corrected chi connectivity index (χ1v) is 9.76. The molecule has 0 spiro atoms. The lowest BCUT2D eigenvalue weighted by molar-refractivity contribution is -0.274. The van der Waals surface area contributed by atoms with E-state index in [1.807, 2.05) is 0 Å². The Kier molecular flexibility index (Phi) is 5.48. The fourth-order valence-corrected chi connectivity index (χ4v) is 3.68. The van der Waals surface area contributed by atoms with Gasteiger partial charge < -0.3 is 15.8 Å². The zero-order valence-electron chi connectivity index (χ0n) is 15.9. The van der Waals surface area contributed by atoms with Crippen molar-refractivity contribution < 1.29 is 27.5 Å². The van der Waals surface area contributed by atoms with Crippen LogP contribution in [0.3, 0.4) is 0 Å². The topological polar surface area (TPSA) is 106 Å². The summed E-state index contributed by atoms with van der Waals surface area (Å²) in [5.41, 5.74) is 4.21. The Morgan fingerprint density at radius 1 is 1.31 bits per heavy atom. The first-order valence-electron chi connectivity index (χ1n) is 8.95. The average Bonchev–Trinajstić information content (AvgIpc) is 2.97. The van der Waals surface area contributed by atoms with Crippen LogP contribution in [-0.2, 0) is 9.59 Å². The van der Waals surface area contributed by atoms with Gasteiger partial charge in [-0.25, -0.2) is 4.98 Å². The van der Waals surface area contributed by atoms with E-state index in [9.17, 15) is 22.8 Å². The van der Waals surface area contributed by atoms with Crippen molar-refractivity contribution in [3.8, 4) is 5.75 Å². The maximum absolute atomic E-state index is 12.8. The number of nitrogens with one attached hydrogen (secondary N) is 2. The van der Waals surface area contributed by atoms with Crippen molar-refractivity contribution in [3.63, 3.8) is 0 Å². The van der Waals surface area contributed by atoms with Gasteiger partial charge >= 0.3 is 6.36 Å². The number of aromatic nitrogens is 1. The van der Waals surface area contributed by atoms with E-state index in [0.717, 1.165) is 23.8 Å². The molecule has 29 heavy (non-hydrogen) atoms. The third-order valence-electron chi connectivity index (χ3n) is 4.93. The number of hydrogen-bond donors (Lipinski definition) is 3. The minimum absolute atomic E-state index is 0.136. The molecule has 1 aliphatic rings. The van der Waals surface area contributed by atoms with E-state index in [1.54, 1.807) is 13.8 Å². The highest BCUT2D eigenvalue weighted by Gasteiger charge is 2.47. The zero-order valence-corrected chi connectivity index (χ0v) is 16.7. The lowest BCUT2D eigenvalue weighted by Crippen LogP contribution is -2.63. The van der Waals surface area contributed by atoms with Crippen LogP contribution in [0.2, 0.25) is 0 Å². The van der Waals surface area contributed by atoms with E-state index in [0.29, 0.717) is 23.1 Å².